The highest BCUT2D eigenvalue weighted by Gasteiger charge is 2.42. The third kappa shape index (κ3) is 3.19. The molecule has 98 valence electrons. The summed E-state index contributed by atoms with van der Waals surface area (Å²) in [5, 5.41) is 9.22. The number of nitrogens with one attached hydrogen (secondary N) is 1. The maximum atomic E-state index is 11.7. The molecule has 0 aromatic rings. The lowest BCUT2D eigenvalue weighted by atomic mass is 9.87. The molecule has 2 aliphatic carbocycles. The fourth-order valence-corrected chi connectivity index (χ4v) is 3.99. The summed E-state index contributed by atoms with van der Waals surface area (Å²) in [6.07, 6.45) is 4.85. The van der Waals surface area contributed by atoms with Crippen LogP contribution in [0.15, 0.2) is 0 Å². The molecule has 0 amide bonds. The number of aliphatic carboxylic acids is 1. The Kier molecular flexibility index (Phi) is 3.45. The summed E-state index contributed by atoms with van der Waals surface area (Å²) in [7, 11) is -3.29. The zero-order chi connectivity index (χ0) is 12.5. The molecule has 2 aliphatic rings. The second-order valence-corrected chi connectivity index (χ2v) is 7.19. The molecule has 17 heavy (non-hydrogen) atoms. The minimum absolute atomic E-state index is 0.0530. The molecule has 2 rings (SSSR count). The summed E-state index contributed by atoms with van der Waals surface area (Å²) >= 11 is 0. The first-order valence-corrected chi connectivity index (χ1v) is 7.80. The largest absolute Gasteiger partial charge is 0.481 e. The van der Waals surface area contributed by atoms with E-state index < -0.39 is 21.4 Å². The van der Waals surface area contributed by atoms with Crippen LogP contribution in [0.5, 0.6) is 0 Å². The van der Waals surface area contributed by atoms with Crippen LogP contribution in [-0.4, -0.2) is 31.8 Å². The first-order valence-electron chi connectivity index (χ1n) is 6.14. The van der Waals surface area contributed by atoms with Gasteiger partial charge in [-0.2, -0.15) is 0 Å². The van der Waals surface area contributed by atoms with Crippen molar-refractivity contribution in [3.05, 3.63) is 0 Å². The van der Waals surface area contributed by atoms with Gasteiger partial charge in [0, 0.05) is 6.54 Å². The quantitative estimate of drug-likeness (QED) is 0.746. The van der Waals surface area contributed by atoms with Crippen LogP contribution < -0.4 is 4.72 Å². The van der Waals surface area contributed by atoms with Crippen LogP contribution in [0.3, 0.4) is 0 Å². The molecule has 0 saturated heterocycles. The van der Waals surface area contributed by atoms with Crippen molar-refractivity contribution in [1.82, 2.24) is 4.72 Å². The van der Waals surface area contributed by atoms with E-state index in [1.807, 2.05) is 0 Å². The van der Waals surface area contributed by atoms with E-state index in [0.29, 0.717) is 12.8 Å². The maximum Gasteiger partial charge on any atom is 0.310 e. The van der Waals surface area contributed by atoms with Gasteiger partial charge in [0.15, 0.2) is 0 Å². The van der Waals surface area contributed by atoms with Crippen molar-refractivity contribution < 1.29 is 18.3 Å². The van der Waals surface area contributed by atoms with Gasteiger partial charge in [-0.05, 0) is 31.6 Å². The van der Waals surface area contributed by atoms with Crippen LogP contribution in [0.1, 0.15) is 38.5 Å². The Bertz CT molecular complexity index is 394. The Hall–Kier alpha value is -0.620. The molecule has 2 saturated carbocycles. The van der Waals surface area contributed by atoms with Gasteiger partial charge in [-0.1, -0.05) is 12.8 Å². The second-order valence-electron chi connectivity index (χ2n) is 5.34. The monoisotopic (exact) mass is 261 g/mol. The maximum absolute atomic E-state index is 11.7. The fourth-order valence-electron chi connectivity index (χ4n) is 2.42. The lowest BCUT2D eigenvalue weighted by molar-refractivity contribution is -0.148. The van der Waals surface area contributed by atoms with Crippen molar-refractivity contribution in [3.63, 3.8) is 0 Å². The summed E-state index contributed by atoms with van der Waals surface area (Å²) in [4.78, 5) is 11.2. The van der Waals surface area contributed by atoms with Crippen molar-refractivity contribution in [3.8, 4) is 0 Å². The van der Waals surface area contributed by atoms with E-state index in [9.17, 15) is 18.3 Å². The Labute approximate surface area is 102 Å². The Morgan fingerprint density at radius 1 is 1.29 bits per heavy atom. The first kappa shape index (κ1) is 12.8. The number of rotatable bonds is 6. The normalized spacial score (nSPS) is 23.8. The van der Waals surface area contributed by atoms with Crippen molar-refractivity contribution >= 4 is 16.0 Å². The third-order valence-electron chi connectivity index (χ3n) is 3.80. The van der Waals surface area contributed by atoms with E-state index in [1.54, 1.807) is 0 Å². The van der Waals surface area contributed by atoms with E-state index in [-0.39, 0.29) is 18.2 Å². The molecule has 2 N–H and O–H groups in total. The van der Waals surface area contributed by atoms with Gasteiger partial charge in [0.2, 0.25) is 10.0 Å². The highest BCUT2D eigenvalue weighted by Crippen LogP contribution is 2.38. The molecule has 6 heteroatoms. The average molecular weight is 261 g/mol. The number of hydrogen-bond donors (Lipinski definition) is 2. The van der Waals surface area contributed by atoms with Gasteiger partial charge in [0.25, 0.3) is 0 Å². The molecule has 0 heterocycles. The SMILES string of the molecule is O=C(O)C1(CNS(=O)(=O)CC2CC2)CCCC1. The smallest absolute Gasteiger partial charge is 0.310 e. The highest BCUT2D eigenvalue weighted by molar-refractivity contribution is 7.89. The molecule has 0 radical (unpaired) electrons. The Balaban J connectivity index is 1.92. The van der Waals surface area contributed by atoms with E-state index in [1.165, 1.54) is 0 Å². The van der Waals surface area contributed by atoms with Crippen LogP contribution >= 0.6 is 0 Å². The van der Waals surface area contributed by atoms with Crippen LogP contribution in [0.2, 0.25) is 0 Å². The van der Waals surface area contributed by atoms with Crippen molar-refractivity contribution in [2.75, 3.05) is 12.3 Å². The minimum Gasteiger partial charge on any atom is -0.481 e. The van der Waals surface area contributed by atoms with Gasteiger partial charge in [-0.15, -0.1) is 0 Å². The topological polar surface area (TPSA) is 83.5 Å². The fraction of sp³-hybridized carbons (Fsp3) is 0.909. The van der Waals surface area contributed by atoms with Gasteiger partial charge in [-0.3, -0.25) is 4.79 Å². The molecule has 0 aliphatic heterocycles. The van der Waals surface area contributed by atoms with Gasteiger partial charge in [0.1, 0.15) is 0 Å². The Morgan fingerprint density at radius 2 is 1.88 bits per heavy atom. The van der Waals surface area contributed by atoms with E-state index >= 15 is 0 Å². The van der Waals surface area contributed by atoms with Crippen LogP contribution in [0, 0.1) is 11.3 Å². The molecule has 0 unspecified atom stereocenters. The van der Waals surface area contributed by atoms with E-state index in [2.05, 4.69) is 4.72 Å². The number of hydrogen-bond acceptors (Lipinski definition) is 3. The number of carboxylic acid groups (broad SMARTS) is 1. The van der Waals surface area contributed by atoms with Gasteiger partial charge >= 0.3 is 5.97 Å². The summed E-state index contributed by atoms with van der Waals surface area (Å²) in [5.74, 6) is -0.427. The molecule has 0 bridgehead atoms. The lowest BCUT2D eigenvalue weighted by Gasteiger charge is -2.23. The van der Waals surface area contributed by atoms with Crippen LogP contribution in [0.4, 0.5) is 0 Å². The molecular formula is C11H19NO4S. The molecule has 5 nitrogen and oxygen atoms in total. The van der Waals surface area contributed by atoms with Crippen LogP contribution in [0.25, 0.3) is 0 Å². The van der Waals surface area contributed by atoms with Crippen molar-refractivity contribution in [2.45, 2.75) is 38.5 Å². The average Bonchev–Trinajstić information content (AvgIpc) is 2.91. The molecule has 0 aromatic carbocycles. The van der Waals surface area contributed by atoms with Crippen molar-refractivity contribution in [2.24, 2.45) is 11.3 Å². The van der Waals surface area contributed by atoms with E-state index in [4.69, 9.17) is 0 Å². The summed E-state index contributed by atoms with van der Waals surface area (Å²) in [6.45, 7) is 0.0530. The van der Waals surface area contributed by atoms with Crippen molar-refractivity contribution in [1.29, 1.82) is 0 Å². The summed E-state index contributed by atoms with van der Waals surface area (Å²) in [6, 6.07) is 0. The third-order valence-corrected chi connectivity index (χ3v) is 5.29. The number of carbonyl (C=O) groups is 1. The zero-order valence-corrected chi connectivity index (χ0v) is 10.6. The number of sulfonamides is 1. The Morgan fingerprint density at radius 3 is 2.35 bits per heavy atom. The molecule has 2 fully saturated rings. The van der Waals surface area contributed by atoms with Gasteiger partial charge in [0.05, 0.1) is 11.2 Å². The molecular weight excluding hydrogens is 242 g/mol. The van der Waals surface area contributed by atoms with Crippen LogP contribution in [-0.2, 0) is 14.8 Å². The minimum atomic E-state index is -3.29. The van der Waals surface area contributed by atoms with Gasteiger partial charge in [-0.25, -0.2) is 13.1 Å². The summed E-state index contributed by atoms with van der Waals surface area (Å²) < 4.78 is 25.9. The first-order chi connectivity index (χ1) is 7.94. The number of carboxylic acids is 1. The predicted octanol–water partition coefficient (Wildman–Crippen LogP) is 0.961. The standard InChI is InChI=1S/C11H19NO4S/c13-10(14)11(5-1-2-6-11)8-12-17(15,16)7-9-3-4-9/h9,12H,1-8H2,(H,13,14). The molecule has 0 atom stereocenters. The molecule has 0 aromatic heterocycles. The summed E-state index contributed by atoms with van der Waals surface area (Å²) in [5.41, 5.74) is -0.864. The predicted molar refractivity (Wildman–Crippen MR) is 63.1 cm³/mol. The van der Waals surface area contributed by atoms with Gasteiger partial charge < -0.3 is 5.11 Å². The zero-order valence-electron chi connectivity index (χ0n) is 9.81. The second kappa shape index (κ2) is 4.57. The van der Waals surface area contributed by atoms with E-state index in [0.717, 1.165) is 25.7 Å². The highest BCUT2D eigenvalue weighted by atomic mass is 32.2. The lowest BCUT2D eigenvalue weighted by Crippen LogP contribution is -2.42. The molecule has 0 spiro atoms.